The van der Waals surface area contributed by atoms with Crippen LogP contribution in [0.4, 0.5) is 0 Å². The number of hydrogen-bond acceptors (Lipinski definition) is 5. The number of ether oxygens (including phenoxy) is 2. The molecule has 2 heterocycles. The molecule has 0 unspecified atom stereocenters. The Morgan fingerprint density at radius 2 is 1.15 bits per heavy atom. The zero-order valence-electron chi connectivity index (χ0n) is 21.9. The number of aliphatic hydroxyl groups is 1. The second-order valence-electron chi connectivity index (χ2n) is 8.45. The second kappa shape index (κ2) is 16.2. The molecular formula is C32H36N2O6. The number of carboxylic acid groups (broad SMARTS) is 1. The molecule has 0 saturated carbocycles. The molecule has 0 amide bonds. The maximum absolute atomic E-state index is 11.1. The summed E-state index contributed by atoms with van der Waals surface area (Å²) in [7, 11) is 3.28. The molecule has 4 rings (SSSR count). The van der Waals surface area contributed by atoms with Gasteiger partial charge in [0, 0.05) is 42.9 Å². The summed E-state index contributed by atoms with van der Waals surface area (Å²) in [6, 6.07) is 23.3. The lowest BCUT2D eigenvalue weighted by atomic mass is 10.2. The molecule has 210 valence electrons. The van der Waals surface area contributed by atoms with Crippen molar-refractivity contribution in [2.24, 2.45) is 0 Å². The Morgan fingerprint density at radius 3 is 1.52 bits per heavy atom. The van der Waals surface area contributed by atoms with Crippen LogP contribution in [0.25, 0.3) is 12.2 Å². The van der Waals surface area contributed by atoms with Crippen LogP contribution in [0.5, 0.6) is 11.5 Å². The standard InChI is InChI=1S/C16H17NO3.C15H15NO3.CH4/c1-20-16-8-4-13(5-9-16)11-17-10-2-3-14(17)6-7-15(19)12-18;1-19-14-7-4-12(5-8-14)11-16-10-2-3-13(16)6-9-15(17)18;/h2-10,18H,11-12H2,1H3;2-10H,11H2,1H3,(H,17,18);1H4/b7-6+;9-6+;. The number of methoxy groups -OCH3 is 2. The average Bonchev–Trinajstić information content (AvgIpc) is 3.60. The van der Waals surface area contributed by atoms with E-state index in [2.05, 4.69) is 0 Å². The molecule has 8 nitrogen and oxygen atoms in total. The number of ketones is 1. The molecule has 0 radical (unpaired) electrons. The third-order valence-electron chi connectivity index (χ3n) is 5.75. The SMILES string of the molecule is C.COc1ccc(Cn2cccc2/C=C/C(=O)CO)cc1.COc1ccc(Cn2cccc2/C=C/C(=O)O)cc1. The number of carbonyl (C=O) groups excluding carboxylic acids is 1. The van der Waals surface area contributed by atoms with Gasteiger partial charge in [-0.25, -0.2) is 4.79 Å². The quantitative estimate of drug-likeness (QED) is 0.245. The highest BCUT2D eigenvalue weighted by Gasteiger charge is 2.02. The van der Waals surface area contributed by atoms with Crippen molar-refractivity contribution in [1.29, 1.82) is 0 Å². The first-order valence-electron chi connectivity index (χ1n) is 12.2. The predicted molar refractivity (Wildman–Crippen MR) is 158 cm³/mol. The van der Waals surface area contributed by atoms with E-state index >= 15 is 0 Å². The van der Waals surface area contributed by atoms with Crippen molar-refractivity contribution in [3.8, 4) is 11.5 Å². The molecular weight excluding hydrogens is 508 g/mol. The largest absolute Gasteiger partial charge is 0.497 e. The Morgan fingerprint density at radius 1 is 0.725 bits per heavy atom. The van der Waals surface area contributed by atoms with Gasteiger partial charge in [0.15, 0.2) is 5.78 Å². The normalized spacial score (nSPS) is 10.6. The van der Waals surface area contributed by atoms with Gasteiger partial charge >= 0.3 is 5.97 Å². The van der Waals surface area contributed by atoms with Crippen LogP contribution < -0.4 is 9.47 Å². The molecule has 0 spiro atoms. The van der Waals surface area contributed by atoms with Gasteiger partial charge in [-0.2, -0.15) is 0 Å². The molecule has 0 aliphatic rings. The first kappa shape index (κ1) is 31.4. The molecule has 0 fully saturated rings. The minimum atomic E-state index is -0.947. The number of rotatable bonds is 11. The van der Waals surface area contributed by atoms with Crippen molar-refractivity contribution in [3.05, 3.63) is 120 Å². The minimum absolute atomic E-state index is 0. The third-order valence-corrected chi connectivity index (χ3v) is 5.75. The van der Waals surface area contributed by atoms with E-state index in [1.165, 1.54) is 6.08 Å². The molecule has 0 aliphatic heterocycles. The molecule has 0 atom stereocenters. The third kappa shape index (κ3) is 9.81. The lowest BCUT2D eigenvalue weighted by molar-refractivity contribution is -0.131. The lowest BCUT2D eigenvalue weighted by Gasteiger charge is -2.07. The summed E-state index contributed by atoms with van der Waals surface area (Å²) in [6.45, 7) is 0.940. The summed E-state index contributed by atoms with van der Waals surface area (Å²) in [5.74, 6) is 0.400. The highest BCUT2D eigenvalue weighted by molar-refractivity contribution is 5.94. The van der Waals surface area contributed by atoms with E-state index in [1.807, 2.05) is 94.3 Å². The number of aliphatic hydroxyl groups excluding tert-OH is 1. The van der Waals surface area contributed by atoms with Gasteiger partial charge in [-0.05, 0) is 77.9 Å². The molecule has 0 bridgehead atoms. The first-order chi connectivity index (χ1) is 18.9. The zero-order valence-corrected chi connectivity index (χ0v) is 21.9. The number of aromatic nitrogens is 2. The summed E-state index contributed by atoms with van der Waals surface area (Å²) in [6.07, 6.45) is 9.70. The Balaban J connectivity index is 0.000000274. The first-order valence-corrected chi connectivity index (χ1v) is 12.2. The number of carboxylic acids is 1. The number of carbonyl (C=O) groups is 2. The average molecular weight is 545 g/mol. The number of aliphatic carboxylic acids is 1. The summed E-state index contributed by atoms with van der Waals surface area (Å²) in [4.78, 5) is 21.6. The zero-order chi connectivity index (χ0) is 28.0. The van der Waals surface area contributed by atoms with Crippen LogP contribution in [0.3, 0.4) is 0 Å². The number of benzene rings is 2. The smallest absolute Gasteiger partial charge is 0.328 e. The molecule has 2 aromatic heterocycles. The van der Waals surface area contributed by atoms with Crippen LogP contribution in [0, 0.1) is 0 Å². The minimum Gasteiger partial charge on any atom is -0.497 e. The van der Waals surface area contributed by atoms with Crippen molar-refractivity contribution in [3.63, 3.8) is 0 Å². The van der Waals surface area contributed by atoms with Gasteiger partial charge in [0.05, 0.1) is 14.2 Å². The van der Waals surface area contributed by atoms with E-state index in [0.29, 0.717) is 13.1 Å². The van der Waals surface area contributed by atoms with Gasteiger partial charge in [0.2, 0.25) is 0 Å². The summed E-state index contributed by atoms with van der Waals surface area (Å²) >= 11 is 0. The maximum Gasteiger partial charge on any atom is 0.328 e. The van der Waals surface area contributed by atoms with Crippen molar-refractivity contribution < 1.29 is 29.3 Å². The number of hydrogen-bond donors (Lipinski definition) is 2. The fourth-order valence-corrected chi connectivity index (χ4v) is 3.69. The lowest BCUT2D eigenvalue weighted by Crippen LogP contribution is -2.01. The molecule has 0 aliphatic carbocycles. The van der Waals surface area contributed by atoms with Gasteiger partial charge in [0.1, 0.15) is 18.1 Å². The second-order valence-corrected chi connectivity index (χ2v) is 8.45. The molecule has 2 N–H and O–H groups in total. The highest BCUT2D eigenvalue weighted by atomic mass is 16.5. The molecule has 2 aromatic carbocycles. The Kier molecular flexibility index (Phi) is 12.7. The van der Waals surface area contributed by atoms with Gasteiger partial charge in [0.25, 0.3) is 0 Å². The summed E-state index contributed by atoms with van der Waals surface area (Å²) in [5.41, 5.74) is 4.05. The van der Waals surface area contributed by atoms with Crippen LogP contribution in [-0.4, -0.2) is 51.9 Å². The van der Waals surface area contributed by atoms with E-state index in [1.54, 1.807) is 26.4 Å². The summed E-state index contributed by atoms with van der Waals surface area (Å²) < 4.78 is 14.3. The van der Waals surface area contributed by atoms with E-state index in [4.69, 9.17) is 19.7 Å². The van der Waals surface area contributed by atoms with E-state index in [0.717, 1.165) is 40.1 Å². The predicted octanol–water partition coefficient (Wildman–Crippen LogP) is 5.40. The van der Waals surface area contributed by atoms with Gasteiger partial charge in [-0.15, -0.1) is 0 Å². The van der Waals surface area contributed by atoms with E-state index in [9.17, 15) is 9.59 Å². The Labute approximate surface area is 235 Å². The van der Waals surface area contributed by atoms with Crippen molar-refractivity contribution >= 4 is 23.9 Å². The van der Waals surface area contributed by atoms with Gasteiger partial charge in [-0.1, -0.05) is 31.7 Å². The van der Waals surface area contributed by atoms with Crippen LogP contribution in [0.2, 0.25) is 0 Å². The monoisotopic (exact) mass is 544 g/mol. The van der Waals surface area contributed by atoms with Crippen molar-refractivity contribution in [2.45, 2.75) is 20.5 Å². The Hall–Kier alpha value is -4.82. The topological polar surface area (TPSA) is 103 Å². The van der Waals surface area contributed by atoms with Crippen LogP contribution >= 0.6 is 0 Å². The van der Waals surface area contributed by atoms with Crippen LogP contribution in [-0.2, 0) is 22.7 Å². The highest BCUT2D eigenvalue weighted by Crippen LogP contribution is 2.15. The fourth-order valence-electron chi connectivity index (χ4n) is 3.69. The molecule has 0 saturated heterocycles. The maximum atomic E-state index is 11.1. The fraction of sp³-hybridized carbons (Fsp3) is 0.188. The van der Waals surface area contributed by atoms with Crippen LogP contribution in [0.1, 0.15) is 29.9 Å². The van der Waals surface area contributed by atoms with Gasteiger partial charge < -0.3 is 28.8 Å². The Bertz CT molecular complexity index is 1400. The molecule has 8 heteroatoms. The van der Waals surface area contributed by atoms with Crippen LogP contribution in [0.15, 0.2) is 97.3 Å². The van der Waals surface area contributed by atoms with Gasteiger partial charge in [-0.3, -0.25) is 4.79 Å². The molecule has 40 heavy (non-hydrogen) atoms. The van der Waals surface area contributed by atoms with E-state index < -0.39 is 12.6 Å². The van der Waals surface area contributed by atoms with Crippen molar-refractivity contribution in [1.82, 2.24) is 9.13 Å². The number of nitrogens with zero attached hydrogens (tertiary/aromatic N) is 2. The summed E-state index contributed by atoms with van der Waals surface area (Å²) in [5, 5.41) is 17.3. The van der Waals surface area contributed by atoms with Crippen molar-refractivity contribution in [2.75, 3.05) is 20.8 Å². The van der Waals surface area contributed by atoms with E-state index in [-0.39, 0.29) is 13.2 Å². The molecule has 4 aromatic rings.